The lowest BCUT2D eigenvalue weighted by molar-refractivity contribution is -0.137. The van der Waals surface area contributed by atoms with E-state index in [0.717, 1.165) is 15.6 Å². The van der Waals surface area contributed by atoms with E-state index in [-0.39, 0.29) is 29.2 Å². The average Bonchev–Trinajstić information content (AvgIpc) is 2.92. The first-order valence-corrected chi connectivity index (χ1v) is 8.91. The number of esters is 1. The van der Waals surface area contributed by atoms with E-state index in [2.05, 4.69) is 46.3 Å². The number of ketones is 1. The SMILES string of the molecule is C=C(c1ccc(Br)cc1)C1CO[C@]2(C)C=CC(=O)C[C@H]12.COC(C)=O. The van der Waals surface area contributed by atoms with Gasteiger partial charge in [0.15, 0.2) is 5.78 Å². The van der Waals surface area contributed by atoms with Crippen molar-refractivity contribution in [3.05, 3.63) is 53.0 Å². The maximum Gasteiger partial charge on any atom is 0.302 e. The smallest absolute Gasteiger partial charge is 0.302 e. The monoisotopic (exact) mass is 406 g/mol. The Kier molecular flexibility index (Phi) is 6.36. The van der Waals surface area contributed by atoms with E-state index in [1.54, 1.807) is 6.08 Å². The van der Waals surface area contributed by atoms with Crippen LogP contribution in [0.1, 0.15) is 25.8 Å². The second kappa shape index (κ2) is 8.11. The topological polar surface area (TPSA) is 52.6 Å². The minimum Gasteiger partial charge on any atom is -0.469 e. The molecule has 0 radical (unpaired) electrons. The second-order valence-corrected chi connectivity index (χ2v) is 7.36. The number of ether oxygens (including phenoxy) is 2. The van der Waals surface area contributed by atoms with Crippen LogP contribution in [0, 0.1) is 11.8 Å². The molecule has 0 spiro atoms. The minimum absolute atomic E-state index is 0.187. The third-order valence-electron chi connectivity index (χ3n) is 4.77. The summed E-state index contributed by atoms with van der Waals surface area (Å²) in [4.78, 5) is 21.3. The average molecular weight is 407 g/mol. The predicted molar refractivity (Wildman–Crippen MR) is 101 cm³/mol. The van der Waals surface area contributed by atoms with Crippen molar-refractivity contribution >= 4 is 33.3 Å². The molecule has 1 aromatic rings. The Morgan fingerprint density at radius 1 is 1.36 bits per heavy atom. The van der Waals surface area contributed by atoms with Crippen molar-refractivity contribution in [3.63, 3.8) is 0 Å². The molecule has 25 heavy (non-hydrogen) atoms. The molecule has 1 aliphatic carbocycles. The lowest BCUT2D eigenvalue weighted by Gasteiger charge is -2.32. The maximum atomic E-state index is 11.7. The van der Waals surface area contributed by atoms with Crippen molar-refractivity contribution in [1.29, 1.82) is 0 Å². The summed E-state index contributed by atoms with van der Waals surface area (Å²) in [5, 5.41) is 0. The summed E-state index contributed by atoms with van der Waals surface area (Å²) in [7, 11) is 1.35. The highest BCUT2D eigenvalue weighted by Crippen LogP contribution is 2.46. The van der Waals surface area contributed by atoms with E-state index in [0.29, 0.717) is 13.0 Å². The number of rotatable bonds is 2. The van der Waals surface area contributed by atoms with Gasteiger partial charge in [0.05, 0.1) is 19.3 Å². The van der Waals surface area contributed by atoms with Crippen LogP contribution in [-0.4, -0.2) is 31.1 Å². The molecule has 1 fully saturated rings. The molecule has 1 heterocycles. The van der Waals surface area contributed by atoms with Crippen molar-refractivity contribution < 1.29 is 19.1 Å². The van der Waals surface area contributed by atoms with E-state index in [1.807, 2.05) is 18.2 Å². The van der Waals surface area contributed by atoms with E-state index in [1.165, 1.54) is 14.0 Å². The first-order valence-electron chi connectivity index (χ1n) is 8.12. The fourth-order valence-electron chi connectivity index (χ4n) is 3.17. The van der Waals surface area contributed by atoms with E-state index >= 15 is 0 Å². The molecule has 1 aromatic carbocycles. The Morgan fingerprint density at radius 3 is 2.52 bits per heavy atom. The van der Waals surface area contributed by atoms with Gasteiger partial charge in [-0.25, -0.2) is 0 Å². The minimum atomic E-state index is -0.323. The molecule has 3 atom stereocenters. The van der Waals surface area contributed by atoms with Crippen LogP contribution in [0.3, 0.4) is 0 Å². The number of benzene rings is 1. The van der Waals surface area contributed by atoms with Gasteiger partial charge in [-0.05, 0) is 42.3 Å². The van der Waals surface area contributed by atoms with Gasteiger partial charge in [-0.3, -0.25) is 9.59 Å². The molecule has 0 aromatic heterocycles. The molecular formula is C20H23BrO4. The Balaban J connectivity index is 0.000000399. The highest BCUT2D eigenvalue weighted by atomic mass is 79.9. The number of halogens is 1. The first-order chi connectivity index (χ1) is 11.8. The second-order valence-electron chi connectivity index (χ2n) is 6.44. The summed E-state index contributed by atoms with van der Waals surface area (Å²) >= 11 is 3.44. The van der Waals surface area contributed by atoms with Crippen LogP contribution < -0.4 is 0 Å². The van der Waals surface area contributed by atoms with Gasteiger partial charge in [0.1, 0.15) is 0 Å². The Labute approximate surface area is 157 Å². The number of fused-ring (bicyclic) bond motifs is 1. The molecule has 0 bridgehead atoms. The lowest BCUT2D eigenvalue weighted by atomic mass is 9.72. The molecule has 3 rings (SSSR count). The van der Waals surface area contributed by atoms with Crippen LogP contribution in [0.4, 0.5) is 0 Å². The van der Waals surface area contributed by atoms with Crippen molar-refractivity contribution in [2.24, 2.45) is 11.8 Å². The van der Waals surface area contributed by atoms with Gasteiger partial charge >= 0.3 is 5.97 Å². The molecule has 0 amide bonds. The molecule has 1 saturated heterocycles. The van der Waals surface area contributed by atoms with Crippen molar-refractivity contribution in [2.45, 2.75) is 25.9 Å². The van der Waals surface area contributed by atoms with Crippen LogP contribution in [-0.2, 0) is 19.1 Å². The molecule has 0 saturated carbocycles. The zero-order valence-electron chi connectivity index (χ0n) is 14.8. The van der Waals surface area contributed by atoms with Crippen LogP contribution in [0.2, 0.25) is 0 Å². The van der Waals surface area contributed by atoms with Gasteiger partial charge < -0.3 is 9.47 Å². The number of hydrogen-bond donors (Lipinski definition) is 0. The summed E-state index contributed by atoms with van der Waals surface area (Å²) in [5.74, 6) is 0.336. The molecule has 1 aliphatic heterocycles. The standard InChI is InChI=1S/C17H17BrO2.C3H6O2/c1-11(12-3-5-13(18)6-4-12)15-10-20-17(2)8-7-14(19)9-16(15)17;1-3(4)5-2/h3-8,15-16H,1,9-10H2,2H3;1-2H3/t15?,16-,17-;/m1./s1. The van der Waals surface area contributed by atoms with E-state index < -0.39 is 0 Å². The summed E-state index contributed by atoms with van der Waals surface area (Å²) in [5.41, 5.74) is 1.86. The van der Waals surface area contributed by atoms with Crippen LogP contribution in [0.5, 0.6) is 0 Å². The van der Waals surface area contributed by atoms with Crippen molar-refractivity contribution in [3.8, 4) is 0 Å². The third kappa shape index (κ3) is 4.67. The lowest BCUT2D eigenvalue weighted by Crippen LogP contribution is -2.36. The Bertz CT molecular complexity index is 692. The number of carbonyl (C=O) groups is 2. The van der Waals surface area contributed by atoms with E-state index in [4.69, 9.17) is 4.74 Å². The van der Waals surface area contributed by atoms with Gasteiger partial charge in [0, 0.05) is 29.7 Å². The molecule has 134 valence electrons. The molecule has 0 N–H and O–H groups in total. The van der Waals surface area contributed by atoms with Crippen molar-refractivity contribution in [2.75, 3.05) is 13.7 Å². The maximum absolute atomic E-state index is 11.7. The fourth-order valence-corrected chi connectivity index (χ4v) is 3.44. The molecule has 4 nitrogen and oxygen atoms in total. The Hall–Kier alpha value is -1.72. The zero-order valence-corrected chi connectivity index (χ0v) is 16.3. The predicted octanol–water partition coefficient (Wildman–Crippen LogP) is 4.19. The van der Waals surface area contributed by atoms with Crippen molar-refractivity contribution in [1.82, 2.24) is 0 Å². The highest BCUT2D eigenvalue weighted by Gasteiger charge is 2.48. The molecule has 2 aliphatic rings. The first kappa shape index (κ1) is 19.6. The quantitative estimate of drug-likeness (QED) is 0.690. The zero-order chi connectivity index (χ0) is 18.6. The third-order valence-corrected chi connectivity index (χ3v) is 5.30. The molecule has 1 unspecified atom stereocenters. The van der Waals surface area contributed by atoms with Crippen LogP contribution in [0.15, 0.2) is 47.5 Å². The van der Waals surface area contributed by atoms with Gasteiger partial charge in [0.2, 0.25) is 0 Å². The van der Waals surface area contributed by atoms with Gasteiger partial charge in [-0.2, -0.15) is 0 Å². The van der Waals surface area contributed by atoms with Gasteiger partial charge in [-0.15, -0.1) is 0 Å². The highest BCUT2D eigenvalue weighted by molar-refractivity contribution is 9.10. The summed E-state index contributed by atoms with van der Waals surface area (Å²) < 4.78 is 11.1. The van der Waals surface area contributed by atoms with Gasteiger partial charge in [0.25, 0.3) is 0 Å². The van der Waals surface area contributed by atoms with Crippen LogP contribution in [0.25, 0.3) is 5.57 Å². The largest absolute Gasteiger partial charge is 0.469 e. The van der Waals surface area contributed by atoms with E-state index in [9.17, 15) is 9.59 Å². The summed E-state index contributed by atoms with van der Waals surface area (Å²) in [6.45, 7) is 8.31. The number of allylic oxidation sites excluding steroid dienone is 1. The Morgan fingerprint density at radius 2 is 1.96 bits per heavy atom. The molecule has 5 heteroatoms. The summed E-state index contributed by atoms with van der Waals surface area (Å²) in [6.07, 6.45) is 4.12. The number of hydrogen-bond acceptors (Lipinski definition) is 4. The fraction of sp³-hybridized carbons (Fsp3) is 0.400. The normalized spacial score (nSPS) is 27.1. The number of methoxy groups -OCH3 is 1. The molecular weight excluding hydrogens is 384 g/mol. The van der Waals surface area contributed by atoms with Gasteiger partial charge in [-0.1, -0.05) is 34.6 Å². The summed E-state index contributed by atoms with van der Waals surface area (Å²) in [6, 6.07) is 8.15. The van der Waals surface area contributed by atoms with Crippen LogP contribution >= 0.6 is 15.9 Å². The number of carbonyl (C=O) groups excluding carboxylic acids is 2.